The Morgan fingerprint density at radius 3 is 2.04 bits per heavy atom. The molecule has 7 heterocycles. The minimum absolute atomic E-state index is 0.0386. The summed E-state index contributed by atoms with van der Waals surface area (Å²) < 4.78 is 47.2. The van der Waals surface area contributed by atoms with Gasteiger partial charge in [0.1, 0.15) is 63.2 Å². The maximum absolute atomic E-state index is 15.8. The van der Waals surface area contributed by atoms with E-state index in [1.54, 1.807) is 51.4 Å². The second-order valence-corrected chi connectivity index (χ2v) is 18.9. The predicted octanol–water partition coefficient (Wildman–Crippen LogP) is 8.24. The molecular formula is C51H45Cl2F2N11O4. The summed E-state index contributed by atoms with van der Waals surface area (Å²) in [6, 6.07) is 18.7. The standard InChI is InChI=1S/C51H45Cl2F2N11O4/c1-27-39(56-18-14-40(27)70-33-15-19-64(20-16-33)49-59-41(34-11-9-31(52)23-37(34)54)43-45(61-49)47(67)63(4)28(2)57-43)25-66-29(3)58-44-42(35-12-10-32(53)24-38(35)55)60-50(62-46(44)48(66)68)65-21-22-69-51(26-65)17-13-30-7-5-6-8-36(30)51/h5-12,14,18,23-24,33H,13,15-17,19-22,25-26H2,1-4H3. The first-order valence-electron chi connectivity index (χ1n) is 23.0. The van der Waals surface area contributed by atoms with E-state index in [0.29, 0.717) is 68.7 Å². The number of nitrogens with zero attached hydrogens (tertiary/aromatic N) is 11. The maximum atomic E-state index is 15.8. The van der Waals surface area contributed by atoms with E-state index in [1.807, 2.05) is 28.9 Å². The summed E-state index contributed by atoms with van der Waals surface area (Å²) in [7, 11) is 1.62. The largest absolute Gasteiger partial charge is 0.490 e. The molecule has 0 amide bonds. The van der Waals surface area contributed by atoms with E-state index < -0.39 is 22.8 Å². The lowest BCUT2D eigenvalue weighted by atomic mass is 9.94. The van der Waals surface area contributed by atoms with Crippen molar-refractivity contribution in [2.45, 2.75) is 64.7 Å². The zero-order valence-electron chi connectivity index (χ0n) is 38.6. The van der Waals surface area contributed by atoms with Gasteiger partial charge in [0.25, 0.3) is 11.1 Å². The van der Waals surface area contributed by atoms with E-state index >= 15 is 8.78 Å². The first-order chi connectivity index (χ1) is 33.7. The number of rotatable bonds is 8. The summed E-state index contributed by atoms with van der Waals surface area (Å²) in [5, 5.41) is 0.454. The molecule has 15 nitrogen and oxygen atoms in total. The molecule has 11 rings (SSSR count). The van der Waals surface area contributed by atoms with Gasteiger partial charge in [0.15, 0.2) is 11.0 Å². The normalized spacial score (nSPS) is 17.3. The van der Waals surface area contributed by atoms with Gasteiger partial charge < -0.3 is 19.3 Å². The van der Waals surface area contributed by atoms with E-state index in [2.05, 4.69) is 27.1 Å². The SMILES string of the molecule is Cc1c(OC2CCN(c3nc(-c4ccc(Cl)cc4F)c4nc(C)n(C)c(=O)c4n3)CC2)ccnc1Cn1c(C)nc2c(-c3ccc(Cl)cc3F)nc(N3CCOC4(CCc5ccccc54)C3)nc2c1=O. The van der Waals surface area contributed by atoms with Gasteiger partial charge in [-0.25, -0.2) is 38.7 Å². The summed E-state index contributed by atoms with van der Waals surface area (Å²) >= 11 is 12.3. The highest BCUT2D eigenvalue weighted by molar-refractivity contribution is 6.31. The fraction of sp³-hybridized carbons (Fsp3) is 0.314. The molecular weight excluding hydrogens is 940 g/mol. The smallest absolute Gasteiger partial charge is 0.280 e. The minimum atomic E-state index is -0.603. The second-order valence-electron chi connectivity index (χ2n) is 18.1. The summed E-state index contributed by atoms with van der Waals surface area (Å²) in [4.78, 5) is 65.7. The van der Waals surface area contributed by atoms with Crippen LogP contribution in [0.1, 0.15) is 53.3 Å². The van der Waals surface area contributed by atoms with Crippen LogP contribution in [-0.2, 0) is 30.4 Å². The van der Waals surface area contributed by atoms with Crippen LogP contribution in [0.4, 0.5) is 20.7 Å². The Morgan fingerprint density at radius 1 is 0.743 bits per heavy atom. The van der Waals surface area contributed by atoms with Crippen LogP contribution < -0.4 is 25.7 Å². The van der Waals surface area contributed by atoms with Gasteiger partial charge in [-0.2, -0.15) is 0 Å². The Kier molecular flexibility index (Phi) is 11.6. The molecule has 0 bridgehead atoms. The number of aromatic nitrogens is 9. The Bertz CT molecular complexity index is 3560. The van der Waals surface area contributed by atoms with E-state index in [4.69, 9.17) is 52.6 Å². The molecule has 3 aliphatic rings. The lowest BCUT2D eigenvalue weighted by molar-refractivity contribution is -0.0596. The first-order valence-corrected chi connectivity index (χ1v) is 23.8. The second kappa shape index (κ2) is 17.8. The predicted molar refractivity (Wildman–Crippen MR) is 263 cm³/mol. The third-order valence-corrected chi connectivity index (χ3v) is 14.3. The number of morpholine rings is 1. The molecule has 8 aromatic rings. The highest BCUT2D eigenvalue weighted by atomic mass is 35.5. The topological polar surface area (TPSA) is 159 Å². The lowest BCUT2D eigenvalue weighted by Crippen LogP contribution is -2.49. The number of hydrogen-bond acceptors (Lipinski definition) is 13. The van der Waals surface area contributed by atoms with Gasteiger partial charge in [0.2, 0.25) is 11.9 Å². The number of anilines is 2. The number of pyridine rings is 1. The van der Waals surface area contributed by atoms with E-state index in [-0.39, 0.29) is 84.7 Å². The summed E-state index contributed by atoms with van der Waals surface area (Å²) in [6.07, 6.45) is 4.26. The number of hydrogen-bond donors (Lipinski definition) is 0. The minimum Gasteiger partial charge on any atom is -0.490 e. The Labute approximate surface area is 409 Å². The average molecular weight is 985 g/mol. The molecule has 2 fully saturated rings. The van der Waals surface area contributed by atoms with Crippen LogP contribution in [0.5, 0.6) is 5.75 Å². The highest BCUT2D eigenvalue weighted by Crippen LogP contribution is 2.43. The maximum Gasteiger partial charge on any atom is 0.280 e. The monoisotopic (exact) mass is 983 g/mol. The van der Waals surface area contributed by atoms with Crippen LogP contribution >= 0.6 is 23.2 Å². The number of ether oxygens (including phenoxy) is 2. The molecule has 0 saturated carbocycles. The summed E-state index contributed by atoms with van der Waals surface area (Å²) in [5.74, 6) is 0.759. The molecule has 0 N–H and O–H groups in total. The molecule has 1 spiro atoms. The zero-order valence-corrected chi connectivity index (χ0v) is 40.2. The highest BCUT2D eigenvalue weighted by Gasteiger charge is 2.44. The van der Waals surface area contributed by atoms with E-state index in [0.717, 1.165) is 24.0 Å². The first kappa shape index (κ1) is 45.5. The molecule has 356 valence electrons. The Balaban J connectivity index is 0.875. The van der Waals surface area contributed by atoms with Gasteiger partial charge in [-0.05, 0) is 87.2 Å². The van der Waals surface area contributed by atoms with Crippen LogP contribution in [0.3, 0.4) is 0 Å². The van der Waals surface area contributed by atoms with Crippen LogP contribution in [0.15, 0.2) is 82.5 Å². The zero-order chi connectivity index (χ0) is 48.6. The van der Waals surface area contributed by atoms with Gasteiger partial charge in [0.05, 0.1) is 25.4 Å². The number of piperidine rings is 1. The van der Waals surface area contributed by atoms with Crippen molar-refractivity contribution >= 4 is 57.2 Å². The van der Waals surface area contributed by atoms with E-state index in [9.17, 15) is 9.59 Å². The van der Waals surface area contributed by atoms with E-state index in [1.165, 1.54) is 32.9 Å². The van der Waals surface area contributed by atoms with Crippen LogP contribution in [-0.4, -0.2) is 82.9 Å². The van der Waals surface area contributed by atoms with Crippen molar-refractivity contribution in [3.63, 3.8) is 0 Å². The fourth-order valence-corrected chi connectivity index (χ4v) is 10.2. The van der Waals surface area contributed by atoms with Crippen molar-refractivity contribution in [1.29, 1.82) is 0 Å². The molecule has 5 aromatic heterocycles. The molecule has 1 unspecified atom stereocenters. The third-order valence-electron chi connectivity index (χ3n) is 13.9. The average Bonchev–Trinajstić information content (AvgIpc) is 3.69. The third kappa shape index (κ3) is 7.98. The van der Waals surface area contributed by atoms with Gasteiger partial charge in [-0.3, -0.25) is 23.7 Å². The van der Waals surface area contributed by atoms with Crippen molar-refractivity contribution in [1.82, 2.24) is 44.0 Å². The van der Waals surface area contributed by atoms with Crippen molar-refractivity contribution < 1.29 is 18.3 Å². The van der Waals surface area contributed by atoms with Gasteiger partial charge >= 0.3 is 0 Å². The van der Waals surface area contributed by atoms with Crippen LogP contribution in [0, 0.1) is 32.4 Å². The van der Waals surface area contributed by atoms with Crippen molar-refractivity contribution in [3.8, 4) is 28.3 Å². The van der Waals surface area contributed by atoms with Gasteiger partial charge in [-0.15, -0.1) is 0 Å². The number of halogens is 4. The summed E-state index contributed by atoms with van der Waals surface area (Å²) in [5.41, 5.74) is 3.50. The summed E-state index contributed by atoms with van der Waals surface area (Å²) in [6.45, 7) is 7.65. The number of benzene rings is 3. The number of fused-ring (bicyclic) bond motifs is 4. The number of aryl methyl sites for hydroxylation is 3. The molecule has 3 aromatic carbocycles. The van der Waals surface area contributed by atoms with Gasteiger partial charge in [0, 0.05) is 72.5 Å². The van der Waals surface area contributed by atoms with Crippen molar-refractivity contribution in [2.75, 3.05) is 42.6 Å². The Hall–Kier alpha value is -6.95. The molecule has 1 aliphatic carbocycles. The lowest BCUT2D eigenvalue weighted by Gasteiger charge is -2.41. The van der Waals surface area contributed by atoms with Crippen LogP contribution in [0.25, 0.3) is 44.6 Å². The molecule has 0 radical (unpaired) electrons. The molecule has 70 heavy (non-hydrogen) atoms. The quantitative estimate of drug-likeness (QED) is 0.143. The molecule has 2 saturated heterocycles. The van der Waals surface area contributed by atoms with Crippen molar-refractivity contribution in [3.05, 3.63) is 149 Å². The van der Waals surface area contributed by atoms with Crippen molar-refractivity contribution in [2.24, 2.45) is 7.05 Å². The molecule has 19 heteroatoms. The van der Waals surface area contributed by atoms with Crippen LogP contribution in [0.2, 0.25) is 10.0 Å². The molecule has 1 atom stereocenters. The molecule has 2 aliphatic heterocycles. The Morgan fingerprint density at radius 2 is 1.37 bits per heavy atom. The van der Waals surface area contributed by atoms with Gasteiger partial charge in [-0.1, -0.05) is 47.5 Å². The fourth-order valence-electron chi connectivity index (χ4n) is 9.92.